The zero-order chi connectivity index (χ0) is 15.2. The van der Waals surface area contributed by atoms with Crippen LogP contribution in [0.25, 0.3) is 10.9 Å². The van der Waals surface area contributed by atoms with Gasteiger partial charge in [-0.25, -0.2) is 4.39 Å². The number of hydrazone groups is 1. The maximum absolute atomic E-state index is 13.2. The highest BCUT2D eigenvalue weighted by Crippen LogP contribution is 2.33. The van der Waals surface area contributed by atoms with Crippen LogP contribution < -0.4 is 10.3 Å². The molecule has 4 rings (SSSR count). The third kappa shape index (κ3) is 1.84. The number of fused-ring (bicyclic) bond motifs is 1. The molecular formula is C16H14FN5. The summed E-state index contributed by atoms with van der Waals surface area (Å²) >= 11 is 0. The van der Waals surface area contributed by atoms with E-state index >= 15 is 0 Å². The SMILES string of the molecule is CC1(c2ccc(F)cc2)NN=CN1c1ccc2[nH]ncc2c1. The van der Waals surface area contributed by atoms with Gasteiger partial charge in [-0.2, -0.15) is 10.2 Å². The van der Waals surface area contributed by atoms with Crippen LogP contribution in [0, 0.1) is 5.82 Å². The molecule has 1 atom stereocenters. The van der Waals surface area contributed by atoms with Crippen molar-refractivity contribution in [1.29, 1.82) is 0 Å². The van der Waals surface area contributed by atoms with Crippen molar-refractivity contribution in [3.8, 4) is 0 Å². The van der Waals surface area contributed by atoms with Crippen LogP contribution in [-0.4, -0.2) is 16.5 Å². The zero-order valence-electron chi connectivity index (χ0n) is 11.9. The number of aromatic amines is 1. The molecule has 110 valence electrons. The number of hydrogen-bond donors (Lipinski definition) is 2. The second-order valence-corrected chi connectivity index (χ2v) is 5.45. The minimum Gasteiger partial charge on any atom is -0.302 e. The molecule has 2 aromatic carbocycles. The minimum atomic E-state index is -0.564. The standard InChI is InChI=1S/C16H14FN5/c1-16(12-2-4-13(17)5-3-12)21-19-10-22(16)14-6-7-15-11(8-14)9-18-20-15/h2-10,21H,1H3,(H,18,20). The van der Waals surface area contributed by atoms with E-state index in [1.54, 1.807) is 24.7 Å². The van der Waals surface area contributed by atoms with E-state index in [1.165, 1.54) is 12.1 Å². The molecule has 1 aromatic heterocycles. The van der Waals surface area contributed by atoms with Crippen LogP contribution in [0.2, 0.25) is 0 Å². The highest BCUT2D eigenvalue weighted by Gasteiger charge is 2.36. The van der Waals surface area contributed by atoms with Crippen molar-refractivity contribution in [2.45, 2.75) is 12.6 Å². The first-order chi connectivity index (χ1) is 10.7. The molecule has 1 aliphatic heterocycles. The number of H-pyrrole nitrogens is 1. The fourth-order valence-electron chi connectivity index (χ4n) is 2.76. The van der Waals surface area contributed by atoms with Crippen LogP contribution in [0.3, 0.4) is 0 Å². The Balaban J connectivity index is 1.78. The number of nitrogens with zero attached hydrogens (tertiary/aromatic N) is 3. The quantitative estimate of drug-likeness (QED) is 0.764. The van der Waals surface area contributed by atoms with Crippen LogP contribution in [0.15, 0.2) is 53.8 Å². The first-order valence-corrected chi connectivity index (χ1v) is 6.96. The number of aromatic nitrogens is 2. The first kappa shape index (κ1) is 12.8. The molecule has 2 heterocycles. The molecule has 0 saturated carbocycles. The molecule has 1 unspecified atom stereocenters. The molecule has 2 N–H and O–H groups in total. The summed E-state index contributed by atoms with van der Waals surface area (Å²) in [5, 5.41) is 12.2. The summed E-state index contributed by atoms with van der Waals surface area (Å²) in [5.74, 6) is -0.252. The summed E-state index contributed by atoms with van der Waals surface area (Å²) in [4.78, 5) is 2.02. The van der Waals surface area contributed by atoms with Crippen molar-refractivity contribution in [1.82, 2.24) is 15.6 Å². The van der Waals surface area contributed by atoms with Crippen LogP contribution >= 0.6 is 0 Å². The van der Waals surface area contributed by atoms with Gasteiger partial charge in [0.1, 0.15) is 12.2 Å². The topological polar surface area (TPSA) is 56.3 Å². The van der Waals surface area contributed by atoms with E-state index in [0.29, 0.717) is 0 Å². The van der Waals surface area contributed by atoms with Gasteiger partial charge in [-0.3, -0.25) is 10.5 Å². The summed E-state index contributed by atoms with van der Waals surface area (Å²) in [7, 11) is 0. The van der Waals surface area contributed by atoms with E-state index in [4.69, 9.17) is 0 Å². The normalized spacial score (nSPS) is 20.5. The fraction of sp³-hybridized carbons (Fsp3) is 0.125. The molecule has 0 amide bonds. The van der Waals surface area contributed by atoms with Gasteiger partial charge >= 0.3 is 0 Å². The number of nitrogens with one attached hydrogen (secondary N) is 2. The molecule has 0 spiro atoms. The lowest BCUT2D eigenvalue weighted by Gasteiger charge is -2.35. The number of benzene rings is 2. The van der Waals surface area contributed by atoms with Crippen LogP contribution in [0.1, 0.15) is 12.5 Å². The molecule has 0 aliphatic carbocycles. The molecule has 6 heteroatoms. The Morgan fingerprint density at radius 1 is 1.14 bits per heavy atom. The van der Waals surface area contributed by atoms with Gasteiger partial charge in [0.15, 0.2) is 5.66 Å². The zero-order valence-corrected chi connectivity index (χ0v) is 11.9. The Morgan fingerprint density at radius 2 is 1.95 bits per heavy atom. The van der Waals surface area contributed by atoms with E-state index in [0.717, 1.165) is 22.2 Å². The molecule has 22 heavy (non-hydrogen) atoms. The van der Waals surface area contributed by atoms with Crippen molar-refractivity contribution < 1.29 is 4.39 Å². The van der Waals surface area contributed by atoms with Crippen molar-refractivity contribution in [3.63, 3.8) is 0 Å². The highest BCUT2D eigenvalue weighted by atomic mass is 19.1. The molecule has 5 nitrogen and oxygen atoms in total. The Hall–Kier alpha value is -2.89. The second kappa shape index (κ2) is 4.56. The van der Waals surface area contributed by atoms with E-state index in [-0.39, 0.29) is 5.82 Å². The molecular weight excluding hydrogens is 281 g/mol. The summed E-state index contributed by atoms with van der Waals surface area (Å²) in [6.45, 7) is 2.01. The first-order valence-electron chi connectivity index (χ1n) is 6.96. The molecule has 1 aliphatic rings. The van der Waals surface area contributed by atoms with Crippen LogP contribution in [0.5, 0.6) is 0 Å². The molecule has 0 bridgehead atoms. The molecule has 0 radical (unpaired) electrons. The Morgan fingerprint density at radius 3 is 2.77 bits per heavy atom. The Kier molecular flexibility index (Phi) is 2.66. The summed E-state index contributed by atoms with van der Waals surface area (Å²) in [6.07, 6.45) is 3.53. The second-order valence-electron chi connectivity index (χ2n) is 5.45. The Bertz CT molecular complexity index is 854. The fourth-order valence-corrected chi connectivity index (χ4v) is 2.76. The van der Waals surface area contributed by atoms with Gasteiger partial charge in [0.25, 0.3) is 0 Å². The van der Waals surface area contributed by atoms with E-state index < -0.39 is 5.66 Å². The van der Waals surface area contributed by atoms with Gasteiger partial charge in [0, 0.05) is 11.1 Å². The summed E-state index contributed by atoms with van der Waals surface area (Å²) in [5.41, 5.74) is 5.44. The van der Waals surface area contributed by atoms with Gasteiger partial charge in [-0.05, 0) is 42.8 Å². The van der Waals surface area contributed by atoms with Gasteiger partial charge in [0.05, 0.1) is 11.7 Å². The summed E-state index contributed by atoms with van der Waals surface area (Å²) in [6, 6.07) is 12.5. The minimum absolute atomic E-state index is 0.252. The van der Waals surface area contributed by atoms with E-state index in [1.807, 2.05) is 30.0 Å². The van der Waals surface area contributed by atoms with Gasteiger partial charge in [0.2, 0.25) is 0 Å². The van der Waals surface area contributed by atoms with Crippen molar-refractivity contribution in [2.24, 2.45) is 5.10 Å². The van der Waals surface area contributed by atoms with Crippen molar-refractivity contribution in [2.75, 3.05) is 4.90 Å². The molecule has 0 saturated heterocycles. The highest BCUT2D eigenvalue weighted by molar-refractivity contribution is 5.89. The van der Waals surface area contributed by atoms with Gasteiger partial charge in [-0.15, -0.1) is 0 Å². The third-order valence-electron chi connectivity index (χ3n) is 4.05. The third-order valence-corrected chi connectivity index (χ3v) is 4.05. The number of halogens is 1. The maximum atomic E-state index is 13.2. The number of anilines is 1. The average Bonchev–Trinajstić information content (AvgIpc) is 3.14. The maximum Gasteiger partial charge on any atom is 0.154 e. The predicted octanol–water partition coefficient (Wildman–Crippen LogP) is 2.93. The Labute approximate surface area is 126 Å². The average molecular weight is 295 g/mol. The van der Waals surface area contributed by atoms with Gasteiger partial charge < -0.3 is 4.90 Å². The van der Waals surface area contributed by atoms with Crippen molar-refractivity contribution in [3.05, 3.63) is 60.0 Å². The van der Waals surface area contributed by atoms with Crippen LogP contribution in [-0.2, 0) is 5.66 Å². The molecule has 3 aromatic rings. The lowest BCUT2D eigenvalue weighted by atomic mass is 10.00. The monoisotopic (exact) mass is 295 g/mol. The van der Waals surface area contributed by atoms with E-state index in [9.17, 15) is 4.39 Å². The lowest BCUT2D eigenvalue weighted by Crippen LogP contribution is -2.47. The van der Waals surface area contributed by atoms with Crippen molar-refractivity contribution >= 4 is 22.9 Å². The number of rotatable bonds is 2. The van der Waals surface area contributed by atoms with Crippen LogP contribution in [0.4, 0.5) is 10.1 Å². The smallest absolute Gasteiger partial charge is 0.154 e. The lowest BCUT2D eigenvalue weighted by molar-refractivity contribution is 0.421. The van der Waals surface area contributed by atoms with Gasteiger partial charge in [-0.1, -0.05) is 12.1 Å². The largest absolute Gasteiger partial charge is 0.302 e. The van der Waals surface area contributed by atoms with E-state index in [2.05, 4.69) is 20.7 Å². The summed E-state index contributed by atoms with van der Waals surface area (Å²) < 4.78 is 13.2. The number of hydrogen-bond acceptors (Lipinski definition) is 4. The predicted molar refractivity (Wildman–Crippen MR) is 84.0 cm³/mol. The molecule has 0 fully saturated rings.